The van der Waals surface area contributed by atoms with E-state index < -0.39 is 6.10 Å². The number of hydrogen-bond acceptors (Lipinski definition) is 4. The molecule has 2 aromatic rings. The van der Waals surface area contributed by atoms with Gasteiger partial charge in [0.2, 0.25) is 0 Å². The molecule has 0 spiro atoms. The van der Waals surface area contributed by atoms with Crippen LogP contribution in [-0.4, -0.2) is 14.7 Å². The van der Waals surface area contributed by atoms with Gasteiger partial charge >= 0.3 is 0 Å². The summed E-state index contributed by atoms with van der Waals surface area (Å²) in [5.41, 5.74) is 2.87. The van der Waals surface area contributed by atoms with E-state index in [1.54, 1.807) is 0 Å². The van der Waals surface area contributed by atoms with Crippen molar-refractivity contribution in [1.29, 1.82) is 0 Å². The van der Waals surface area contributed by atoms with Crippen molar-refractivity contribution >= 4 is 11.5 Å². The van der Waals surface area contributed by atoms with Crippen LogP contribution in [-0.2, 0) is 0 Å². The Morgan fingerprint density at radius 2 is 1.87 bits per heavy atom. The molecule has 1 atom stereocenters. The molecule has 0 radical (unpaired) electrons. The number of rotatable bonds is 2. The molecule has 1 N–H and O–H groups in total. The van der Waals surface area contributed by atoms with Gasteiger partial charge in [-0.3, -0.25) is 0 Å². The Labute approximate surface area is 92.6 Å². The predicted octanol–water partition coefficient (Wildman–Crippen LogP) is 2.24. The van der Waals surface area contributed by atoms with Crippen molar-refractivity contribution in [3.63, 3.8) is 0 Å². The number of aliphatic hydroxyl groups excluding tert-OH is 1. The third-order valence-corrected chi connectivity index (χ3v) is 3.21. The standard InChI is InChI=1S/C11H12N2OS/c1-7-3-5-9(6-4-7)10(14)11-8(2)12-13-15-11/h3-6,10,14H,1-2H3. The molecule has 0 bridgehead atoms. The van der Waals surface area contributed by atoms with Gasteiger partial charge in [0.25, 0.3) is 0 Å². The molecular weight excluding hydrogens is 208 g/mol. The lowest BCUT2D eigenvalue weighted by atomic mass is 10.1. The average Bonchev–Trinajstić information content (AvgIpc) is 2.65. The number of aromatic nitrogens is 2. The Hall–Kier alpha value is -1.26. The highest BCUT2D eigenvalue weighted by Gasteiger charge is 2.15. The Morgan fingerprint density at radius 3 is 2.40 bits per heavy atom. The monoisotopic (exact) mass is 220 g/mol. The third-order valence-electron chi connectivity index (χ3n) is 2.33. The van der Waals surface area contributed by atoms with Crippen LogP contribution in [0.25, 0.3) is 0 Å². The third kappa shape index (κ3) is 2.06. The van der Waals surface area contributed by atoms with Gasteiger partial charge in [0, 0.05) is 0 Å². The molecule has 0 amide bonds. The van der Waals surface area contributed by atoms with Crippen molar-refractivity contribution in [2.45, 2.75) is 20.0 Å². The van der Waals surface area contributed by atoms with Gasteiger partial charge in [0.05, 0.1) is 10.6 Å². The van der Waals surface area contributed by atoms with E-state index in [0.717, 1.165) is 16.1 Å². The molecule has 0 fully saturated rings. The molecule has 1 aromatic carbocycles. The highest BCUT2D eigenvalue weighted by Crippen LogP contribution is 2.26. The Bertz CT molecular complexity index is 450. The Kier molecular flexibility index (Phi) is 2.79. The first-order chi connectivity index (χ1) is 7.18. The minimum absolute atomic E-state index is 0.606. The lowest BCUT2D eigenvalue weighted by molar-refractivity contribution is 0.223. The lowest BCUT2D eigenvalue weighted by Crippen LogP contribution is -1.98. The van der Waals surface area contributed by atoms with Gasteiger partial charge in [-0.1, -0.05) is 34.3 Å². The number of nitrogens with zero attached hydrogens (tertiary/aromatic N) is 2. The molecule has 2 rings (SSSR count). The largest absolute Gasteiger partial charge is 0.383 e. The van der Waals surface area contributed by atoms with Gasteiger partial charge in [-0.25, -0.2) is 0 Å². The predicted molar refractivity (Wildman–Crippen MR) is 59.9 cm³/mol. The summed E-state index contributed by atoms with van der Waals surface area (Å²) in [5.74, 6) is 0. The van der Waals surface area contributed by atoms with Crippen LogP contribution in [0.15, 0.2) is 24.3 Å². The van der Waals surface area contributed by atoms with Crippen molar-refractivity contribution in [3.05, 3.63) is 46.0 Å². The summed E-state index contributed by atoms with van der Waals surface area (Å²) in [6.45, 7) is 3.88. The fourth-order valence-corrected chi connectivity index (χ4v) is 2.05. The first-order valence-electron chi connectivity index (χ1n) is 4.72. The van der Waals surface area contributed by atoms with E-state index in [-0.39, 0.29) is 0 Å². The number of hydrogen-bond donors (Lipinski definition) is 1. The zero-order valence-corrected chi connectivity index (χ0v) is 9.45. The maximum absolute atomic E-state index is 10.1. The maximum Gasteiger partial charge on any atom is 0.117 e. The van der Waals surface area contributed by atoms with Gasteiger partial charge in [0.1, 0.15) is 6.10 Å². The second-order valence-corrected chi connectivity index (χ2v) is 4.32. The number of benzene rings is 1. The van der Waals surface area contributed by atoms with Crippen LogP contribution in [0.5, 0.6) is 0 Å². The maximum atomic E-state index is 10.1. The molecule has 1 heterocycles. The zero-order chi connectivity index (χ0) is 10.8. The molecule has 0 aliphatic heterocycles. The van der Waals surface area contributed by atoms with Crippen molar-refractivity contribution in [2.24, 2.45) is 0 Å². The van der Waals surface area contributed by atoms with Crippen LogP contribution in [0.3, 0.4) is 0 Å². The van der Waals surface area contributed by atoms with E-state index >= 15 is 0 Å². The highest BCUT2D eigenvalue weighted by molar-refractivity contribution is 7.05. The summed E-state index contributed by atoms with van der Waals surface area (Å²) >= 11 is 1.25. The molecular formula is C11H12N2OS. The van der Waals surface area contributed by atoms with Crippen LogP contribution < -0.4 is 0 Å². The van der Waals surface area contributed by atoms with Crippen molar-refractivity contribution in [2.75, 3.05) is 0 Å². The lowest BCUT2D eigenvalue weighted by Gasteiger charge is -2.08. The molecule has 0 saturated heterocycles. The summed E-state index contributed by atoms with van der Waals surface area (Å²) in [6, 6.07) is 7.84. The zero-order valence-electron chi connectivity index (χ0n) is 8.64. The molecule has 1 aromatic heterocycles. The second kappa shape index (κ2) is 4.08. The molecule has 0 aliphatic rings. The number of aliphatic hydroxyl groups is 1. The van der Waals surface area contributed by atoms with Gasteiger partial charge in [-0.15, -0.1) is 5.10 Å². The topological polar surface area (TPSA) is 46.0 Å². The SMILES string of the molecule is Cc1ccc(C(O)c2snnc2C)cc1. The molecule has 15 heavy (non-hydrogen) atoms. The summed E-state index contributed by atoms with van der Waals surface area (Å²) < 4.78 is 3.82. The minimum atomic E-state index is -0.606. The molecule has 0 saturated carbocycles. The molecule has 4 heteroatoms. The highest BCUT2D eigenvalue weighted by atomic mass is 32.1. The van der Waals surface area contributed by atoms with Crippen molar-refractivity contribution in [1.82, 2.24) is 9.59 Å². The van der Waals surface area contributed by atoms with E-state index in [0.29, 0.717) is 0 Å². The van der Waals surface area contributed by atoms with E-state index in [4.69, 9.17) is 0 Å². The van der Waals surface area contributed by atoms with Crippen LogP contribution >= 0.6 is 11.5 Å². The Balaban J connectivity index is 2.32. The van der Waals surface area contributed by atoms with Gasteiger partial charge < -0.3 is 5.11 Å². The van der Waals surface area contributed by atoms with E-state index in [1.165, 1.54) is 17.1 Å². The average molecular weight is 220 g/mol. The van der Waals surface area contributed by atoms with E-state index in [1.807, 2.05) is 38.1 Å². The smallest absolute Gasteiger partial charge is 0.117 e. The molecule has 1 unspecified atom stereocenters. The summed E-state index contributed by atoms with van der Waals surface area (Å²) in [4.78, 5) is 0.818. The van der Waals surface area contributed by atoms with E-state index in [9.17, 15) is 5.11 Å². The summed E-state index contributed by atoms with van der Waals surface area (Å²) in [6.07, 6.45) is -0.606. The summed E-state index contributed by atoms with van der Waals surface area (Å²) in [5, 5.41) is 14.0. The van der Waals surface area contributed by atoms with Gasteiger partial charge in [-0.05, 0) is 30.9 Å². The Morgan fingerprint density at radius 1 is 1.20 bits per heavy atom. The first-order valence-corrected chi connectivity index (χ1v) is 5.49. The first kappa shape index (κ1) is 10.3. The minimum Gasteiger partial charge on any atom is -0.383 e. The van der Waals surface area contributed by atoms with Crippen molar-refractivity contribution < 1.29 is 5.11 Å². The number of aryl methyl sites for hydroxylation is 2. The molecule has 78 valence electrons. The van der Waals surface area contributed by atoms with Crippen LogP contribution in [0.2, 0.25) is 0 Å². The molecule has 3 nitrogen and oxygen atoms in total. The van der Waals surface area contributed by atoms with E-state index in [2.05, 4.69) is 9.59 Å². The normalized spacial score (nSPS) is 12.7. The van der Waals surface area contributed by atoms with Crippen LogP contribution in [0, 0.1) is 13.8 Å². The fourth-order valence-electron chi connectivity index (χ4n) is 1.39. The summed E-state index contributed by atoms with van der Waals surface area (Å²) in [7, 11) is 0. The quantitative estimate of drug-likeness (QED) is 0.844. The fraction of sp³-hybridized carbons (Fsp3) is 0.273. The van der Waals surface area contributed by atoms with Crippen LogP contribution in [0.1, 0.15) is 27.8 Å². The van der Waals surface area contributed by atoms with Gasteiger partial charge in [-0.2, -0.15) is 0 Å². The van der Waals surface area contributed by atoms with Gasteiger partial charge in [0.15, 0.2) is 0 Å². The van der Waals surface area contributed by atoms with Crippen LogP contribution in [0.4, 0.5) is 0 Å². The second-order valence-electron chi connectivity index (χ2n) is 3.54. The molecule has 0 aliphatic carbocycles. The van der Waals surface area contributed by atoms with Crippen molar-refractivity contribution in [3.8, 4) is 0 Å².